The molecule has 1 atom stereocenters. The summed E-state index contributed by atoms with van der Waals surface area (Å²) in [5.41, 5.74) is 1.27. The molecule has 0 spiro atoms. The first kappa shape index (κ1) is 11.8. The first-order chi connectivity index (χ1) is 6.40. The lowest BCUT2D eigenvalue weighted by Crippen LogP contribution is -2.08. The topological polar surface area (TPSA) is 37.8 Å². The normalized spacial score (nSPS) is 20.5. The predicted octanol–water partition coefficient (Wildman–Crippen LogP) is 1.70. The van der Waals surface area contributed by atoms with Crippen LogP contribution in [-0.4, -0.2) is 29.3 Å². The van der Waals surface area contributed by atoms with Gasteiger partial charge in [-0.15, -0.1) is 12.4 Å². The van der Waals surface area contributed by atoms with E-state index >= 15 is 0 Å². The van der Waals surface area contributed by atoms with Gasteiger partial charge in [-0.05, 0) is 24.8 Å². The van der Waals surface area contributed by atoms with E-state index in [0.717, 1.165) is 18.2 Å². The van der Waals surface area contributed by atoms with Crippen molar-refractivity contribution >= 4 is 24.2 Å². The van der Waals surface area contributed by atoms with Crippen LogP contribution in [0.2, 0.25) is 0 Å². The maximum atomic E-state index is 4.27. The Morgan fingerprint density at radius 2 is 2.14 bits per heavy atom. The summed E-state index contributed by atoms with van der Waals surface area (Å²) in [7, 11) is 0. The second-order valence-electron chi connectivity index (χ2n) is 3.19. The van der Waals surface area contributed by atoms with Crippen LogP contribution in [0.5, 0.6) is 0 Å². The maximum absolute atomic E-state index is 4.27. The van der Waals surface area contributed by atoms with Crippen molar-refractivity contribution in [2.24, 2.45) is 0 Å². The molecule has 1 aliphatic heterocycles. The molecule has 1 aliphatic rings. The predicted molar refractivity (Wildman–Crippen MR) is 61.3 cm³/mol. The molecule has 5 heteroatoms. The number of aromatic nitrogens is 2. The summed E-state index contributed by atoms with van der Waals surface area (Å²) in [5.74, 6) is 0.621. The first-order valence-electron chi connectivity index (χ1n) is 4.47. The Morgan fingerprint density at radius 1 is 1.43 bits per heavy atom. The molecule has 0 bridgehead atoms. The Bertz CT molecular complexity index is 272. The van der Waals surface area contributed by atoms with Crippen LogP contribution < -0.4 is 5.32 Å². The molecule has 0 amide bonds. The zero-order valence-electron chi connectivity index (χ0n) is 8.06. The highest BCUT2D eigenvalue weighted by Crippen LogP contribution is 2.21. The van der Waals surface area contributed by atoms with E-state index in [9.17, 15) is 0 Å². The Morgan fingerprint density at radius 3 is 2.64 bits per heavy atom. The monoisotopic (exact) mass is 231 g/mol. The van der Waals surface area contributed by atoms with Gasteiger partial charge in [0.15, 0.2) is 5.16 Å². The van der Waals surface area contributed by atoms with E-state index in [1.165, 1.54) is 12.0 Å². The zero-order chi connectivity index (χ0) is 9.10. The molecule has 0 aliphatic carbocycles. The van der Waals surface area contributed by atoms with E-state index in [-0.39, 0.29) is 12.4 Å². The van der Waals surface area contributed by atoms with Gasteiger partial charge in [0.1, 0.15) is 0 Å². The van der Waals surface area contributed by atoms with E-state index in [1.807, 2.05) is 18.6 Å². The molecule has 2 heterocycles. The lowest BCUT2D eigenvalue weighted by molar-refractivity contribution is 0.742. The van der Waals surface area contributed by atoms with E-state index in [0.29, 0.717) is 5.92 Å². The minimum Gasteiger partial charge on any atom is -0.316 e. The number of hydrogen-bond donors (Lipinski definition) is 1. The summed E-state index contributed by atoms with van der Waals surface area (Å²) < 4.78 is 0. The van der Waals surface area contributed by atoms with Crippen LogP contribution in [0.15, 0.2) is 17.6 Å². The van der Waals surface area contributed by atoms with Gasteiger partial charge in [0.2, 0.25) is 0 Å². The van der Waals surface area contributed by atoms with Crippen molar-refractivity contribution in [2.75, 3.05) is 19.3 Å². The second-order valence-corrected chi connectivity index (χ2v) is 3.97. The molecule has 1 fully saturated rings. The molecule has 0 radical (unpaired) electrons. The Kier molecular flexibility index (Phi) is 4.65. The van der Waals surface area contributed by atoms with E-state index < -0.39 is 0 Å². The molecule has 0 saturated carbocycles. The molecule has 1 unspecified atom stereocenters. The molecule has 14 heavy (non-hydrogen) atoms. The van der Waals surface area contributed by atoms with Crippen molar-refractivity contribution in [2.45, 2.75) is 17.5 Å². The summed E-state index contributed by atoms with van der Waals surface area (Å²) in [6.07, 6.45) is 7.11. The summed E-state index contributed by atoms with van der Waals surface area (Å²) in [5, 5.41) is 4.19. The molecule has 1 N–H and O–H groups in total. The summed E-state index contributed by atoms with van der Waals surface area (Å²) in [6, 6.07) is 0. The van der Waals surface area contributed by atoms with E-state index in [2.05, 4.69) is 15.3 Å². The lowest BCUT2D eigenvalue weighted by Gasteiger charge is -2.06. The molecular weight excluding hydrogens is 218 g/mol. The average Bonchev–Trinajstić information content (AvgIpc) is 2.71. The Labute approximate surface area is 94.5 Å². The standard InChI is InChI=1S/C9H13N3S.ClH/c1-13-9-11-5-8(6-12-9)7-2-3-10-4-7;/h5-7,10H,2-4H2,1H3;1H. The molecular formula is C9H14ClN3S. The minimum absolute atomic E-state index is 0. The lowest BCUT2D eigenvalue weighted by atomic mass is 10.0. The Balaban J connectivity index is 0.000000980. The molecule has 1 aromatic rings. The van der Waals surface area contributed by atoms with Gasteiger partial charge in [0.25, 0.3) is 0 Å². The van der Waals surface area contributed by atoms with Crippen LogP contribution in [-0.2, 0) is 0 Å². The van der Waals surface area contributed by atoms with Crippen LogP contribution in [0.1, 0.15) is 17.9 Å². The number of halogens is 1. The minimum atomic E-state index is 0. The first-order valence-corrected chi connectivity index (χ1v) is 5.69. The van der Waals surface area contributed by atoms with Crippen molar-refractivity contribution in [3.8, 4) is 0 Å². The zero-order valence-corrected chi connectivity index (χ0v) is 9.70. The third-order valence-corrected chi connectivity index (χ3v) is 2.94. The largest absolute Gasteiger partial charge is 0.316 e. The number of nitrogens with one attached hydrogen (secondary N) is 1. The van der Waals surface area contributed by atoms with Gasteiger partial charge in [-0.3, -0.25) is 0 Å². The SMILES string of the molecule is CSc1ncc(C2CCNC2)cn1.Cl. The highest BCUT2D eigenvalue weighted by molar-refractivity contribution is 7.98. The average molecular weight is 232 g/mol. The summed E-state index contributed by atoms with van der Waals surface area (Å²) in [4.78, 5) is 8.53. The Hall–Kier alpha value is -0.320. The second kappa shape index (κ2) is 5.53. The van der Waals surface area contributed by atoms with Crippen molar-refractivity contribution in [3.63, 3.8) is 0 Å². The molecule has 3 nitrogen and oxygen atoms in total. The van der Waals surface area contributed by atoms with Crippen molar-refractivity contribution in [3.05, 3.63) is 18.0 Å². The van der Waals surface area contributed by atoms with Gasteiger partial charge in [0.05, 0.1) is 0 Å². The number of nitrogens with zero attached hydrogens (tertiary/aromatic N) is 2. The van der Waals surface area contributed by atoms with Crippen LogP contribution in [0, 0.1) is 0 Å². The summed E-state index contributed by atoms with van der Waals surface area (Å²) in [6.45, 7) is 2.19. The maximum Gasteiger partial charge on any atom is 0.187 e. The molecule has 0 aromatic carbocycles. The fourth-order valence-corrected chi connectivity index (χ4v) is 1.90. The van der Waals surface area contributed by atoms with E-state index in [1.54, 1.807) is 11.8 Å². The van der Waals surface area contributed by atoms with Crippen molar-refractivity contribution in [1.29, 1.82) is 0 Å². The highest BCUT2D eigenvalue weighted by Gasteiger charge is 2.16. The smallest absolute Gasteiger partial charge is 0.187 e. The van der Waals surface area contributed by atoms with Gasteiger partial charge in [-0.1, -0.05) is 11.8 Å². The molecule has 2 rings (SSSR count). The van der Waals surface area contributed by atoms with Gasteiger partial charge in [-0.25, -0.2) is 9.97 Å². The van der Waals surface area contributed by atoms with Crippen LogP contribution in [0.4, 0.5) is 0 Å². The van der Waals surface area contributed by atoms with Gasteiger partial charge < -0.3 is 5.32 Å². The van der Waals surface area contributed by atoms with E-state index in [4.69, 9.17) is 0 Å². The fourth-order valence-electron chi connectivity index (χ4n) is 1.58. The number of rotatable bonds is 2. The van der Waals surface area contributed by atoms with Crippen LogP contribution in [0.25, 0.3) is 0 Å². The van der Waals surface area contributed by atoms with Gasteiger partial charge in [0, 0.05) is 24.9 Å². The van der Waals surface area contributed by atoms with Crippen molar-refractivity contribution in [1.82, 2.24) is 15.3 Å². The number of hydrogen-bond acceptors (Lipinski definition) is 4. The van der Waals surface area contributed by atoms with Gasteiger partial charge in [-0.2, -0.15) is 0 Å². The highest BCUT2D eigenvalue weighted by atomic mass is 35.5. The third kappa shape index (κ3) is 2.59. The quantitative estimate of drug-likeness (QED) is 0.621. The third-order valence-electron chi connectivity index (χ3n) is 2.36. The van der Waals surface area contributed by atoms with Crippen LogP contribution in [0.3, 0.4) is 0 Å². The molecule has 1 aromatic heterocycles. The molecule has 1 saturated heterocycles. The fraction of sp³-hybridized carbons (Fsp3) is 0.556. The summed E-state index contributed by atoms with van der Waals surface area (Å²) >= 11 is 1.58. The number of thioether (sulfide) groups is 1. The molecule has 78 valence electrons. The van der Waals surface area contributed by atoms with Crippen molar-refractivity contribution < 1.29 is 0 Å². The van der Waals surface area contributed by atoms with Gasteiger partial charge >= 0.3 is 0 Å². The van der Waals surface area contributed by atoms with Crippen LogP contribution >= 0.6 is 24.2 Å².